The highest BCUT2D eigenvalue weighted by Crippen LogP contribution is 2.39. The Hall–Kier alpha value is -0.630. The maximum absolute atomic E-state index is 14.7. The maximum atomic E-state index is 14.7. The molecule has 4 aromatic carbocycles. The molecule has 0 saturated carbocycles. The molecule has 4 rings (SSSR count). The summed E-state index contributed by atoms with van der Waals surface area (Å²) in [7, 11) is 6.10. The third-order valence-electron chi connectivity index (χ3n) is 5.20. The molecule has 39 heavy (non-hydrogen) atoms. The quantitative estimate of drug-likeness (QED) is 0.0501. The molecule has 0 aliphatic heterocycles. The topological polar surface area (TPSA) is 52.6 Å². The average Bonchev–Trinajstić information content (AvgIpc) is 2.86. The lowest BCUT2D eigenvalue weighted by molar-refractivity contribution is 0.0717. The summed E-state index contributed by atoms with van der Waals surface area (Å²) < 4.78 is 71.5. The van der Waals surface area contributed by atoms with Crippen molar-refractivity contribution >= 4 is 123 Å². The third-order valence-corrected chi connectivity index (χ3v) is 11.7. The Balaban J connectivity index is 1.74. The van der Waals surface area contributed by atoms with Crippen LogP contribution in [0.1, 0.15) is 20.7 Å². The number of esters is 2. The molecule has 0 heterocycles. The van der Waals surface area contributed by atoms with Gasteiger partial charge in [-0.3, -0.25) is 8.00 Å². The molecular weight excluding hydrogens is 934 g/mol. The van der Waals surface area contributed by atoms with Crippen LogP contribution in [0.2, 0.25) is 0 Å². The highest BCUT2D eigenvalue weighted by molar-refractivity contribution is 14.1. The number of benzene rings is 4. The van der Waals surface area contributed by atoms with E-state index in [-0.39, 0.29) is 16.7 Å². The number of rotatable bonds is 5. The summed E-state index contributed by atoms with van der Waals surface area (Å²) in [5, 5.41) is 0.525. The number of fused-ring (bicyclic) bond motifs is 1. The molecule has 0 amide bonds. The first-order valence-electron chi connectivity index (χ1n) is 10.3. The van der Waals surface area contributed by atoms with Crippen molar-refractivity contribution in [3.05, 3.63) is 93.6 Å². The van der Waals surface area contributed by atoms with Crippen LogP contribution in [0.4, 0.5) is 17.6 Å². The Morgan fingerprint density at radius 1 is 0.769 bits per heavy atom. The Bertz CT molecular complexity index is 1790. The first kappa shape index (κ1) is 31.3. The number of carbonyl (C=O) groups is 2. The zero-order valence-corrected chi connectivity index (χ0v) is 29.1. The molecule has 15 heteroatoms. The van der Waals surface area contributed by atoms with Crippen LogP contribution in [0.3, 0.4) is 0 Å². The van der Waals surface area contributed by atoms with Gasteiger partial charge in [0.05, 0.1) is 16.0 Å². The third kappa shape index (κ3) is 6.41. The molecule has 0 saturated heterocycles. The number of ether oxygens (including phenoxy) is 2. The van der Waals surface area contributed by atoms with E-state index in [0.29, 0.717) is 14.5 Å². The largest absolute Gasteiger partial charge is 0.484 e. The van der Waals surface area contributed by atoms with Gasteiger partial charge in [0.25, 0.3) is 0 Å². The smallest absolute Gasteiger partial charge is 0.344 e. The highest BCUT2D eigenvalue weighted by atomic mass is 127. The van der Waals surface area contributed by atoms with E-state index >= 15 is 0 Å². The number of hydrogen-bond donors (Lipinski definition) is 0. The highest BCUT2D eigenvalue weighted by Gasteiger charge is 2.29. The Labute approximate surface area is 267 Å². The van der Waals surface area contributed by atoms with Crippen molar-refractivity contribution in [2.75, 3.05) is 0 Å². The molecule has 0 unspecified atom stereocenters. The van der Waals surface area contributed by atoms with Crippen LogP contribution in [0.25, 0.3) is 10.8 Å². The van der Waals surface area contributed by atoms with Gasteiger partial charge in [0.15, 0.2) is 11.6 Å². The van der Waals surface area contributed by atoms with E-state index in [0.717, 1.165) is 7.14 Å². The number of hydrogen-bond acceptors (Lipinski definition) is 4. The van der Waals surface area contributed by atoms with Crippen molar-refractivity contribution in [3.63, 3.8) is 0 Å². The van der Waals surface area contributed by atoms with Crippen molar-refractivity contribution < 1.29 is 36.6 Å². The van der Waals surface area contributed by atoms with E-state index in [1.165, 1.54) is 18.2 Å². The second-order valence-electron chi connectivity index (χ2n) is 7.71. The molecule has 0 aliphatic carbocycles. The van der Waals surface area contributed by atoms with E-state index in [1.54, 1.807) is 24.3 Å². The molecule has 0 fully saturated rings. The number of halogens is 7. The molecule has 0 atom stereocenters. The van der Waals surface area contributed by atoms with Gasteiger partial charge in [-0.15, -0.1) is 16.0 Å². The van der Waals surface area contributed by atoms with Gasteiger partial charge < -0.3 is 17.9 Å². The molecule has 0 N–H and O–H groups in total. The minimum atomic E-state index is -2.77. The van der Waals surface area contributed by atoms with Crippen LogP contribution in [0.15, 0.2) is 53.4 Å². The standard InChI is InChI=1S/C24H11F4I3O4P3S/c25-16-18(27)22(39(36,37)38)19(28)17(26)21(16)35-23(32)12-5-6-15(11-4-2-1-3-10(11)12)34-24(33)13-7-9(29)8-14(30)20(13)31/h1-8,36-38H/q-1. The van der Waals surface area contributed by atoms with E-state index in [9.17, 15) is 27.2 Å². The zero-order chi connectivity index (χ0) is 28.8. The summed E-state index contributed by atoms with van der Waals surface area (Å²) in [5.74, 6) is -10.6. The van der Waals surface area contributed by atoms with Crippen molar-refractivity contribution in [1.29, 1.82) is 0 Å². The van der Waals surface area contributed by atoms with Crippen LogP contribution in [0, 0.1) is 34.0 Å². The fourth-order valence-corrected chi connectivity index (χ4v) is 8.20. The molecule has 0 aliphatic rings. The Morgan fingerprint density at radius 3 is 1.92 bits per heavy atom. The molecule has 0 bridgehead atoms. The lowest BCUT2D eigenvalue weighted by Crippen LogP contribution is -2.15. The summed E-state index contributed by atoms with van der Waals surface area (Å²) in [5.41, 5.74) is 0.159. The van der Waals surface area contributed by atoms with E-state index in [2.05, 4.69) is 69.7 Å². The van der Waals surface area contributed by atoms with Gasteiger partial charge in [-0.1, -0.05) is 24.3 Å². The van der Waals surface area contributed by atoms with Gasteiger partial charge >= 0.3 is 11.9 Å². The summed E-state index contributed by atoms with van der Waals surface area (Å²) in [6.45, 7) is 0. The predicted octanol–water partition coefficient (Wildman–Crippen LogP) is 9.33. The number of carbonyl (C=O) groups excluding carboxylic acids is 2. The van der Waals surface area contributed by atoms with Crippen LogP contribution in [-0.4, -0.2) is 11.9 Å². The van der Waals surface area contributed by atoms with Crippen LogP contribution >= 0.6 is 92.2 Å². The van der Waals surface area contributed by atoms with Crippen molar-refractivity contribution in [2.24, 2.45) is 0 Å². The van der Waals surface area contributed by atoms with Gasteiger partial charge in [-0.25, -0.2) is 18.4 Å². The van der Waals surface area contributed by atoms with E-state index in [4.69, 9.17) is 9.47 Å². The minimum Gasteiger partial charge on any atom is -0.484 e. The molecule has 0 aromatic heterocycles. The van der Waals surface area contributed by atoms with E-state index < -0.39 is 53.9 Å². The van der Waals surface area contributed by atoms with Crippen LogP contribution < -0.4 is 9.47 Å². The molecular formula is C24H11F4I3O4P3S-. The van der Waals surface area contributed by atoms with Gasteiger partial charge in [0.1, 0.15) is 5.75 Å². The minimum absolute atomic E-state index is 0.112. The van der Waals surface area contributed by atoms with Crippen LogP contribution in [-0.2, 0) is 8.00 Å². The Kier molecular flexibility index (Phi) is 9.88. The van der Waals surface area contributed by atoms with Crippen molar-refractivity contribution in [2.45, 2.75) is 4.90 Å². The fourth-order valence-electron chi connectivity index (χ4n) is 3.50. The lowest BCUT2D eigenvalue weighted by atomic mass is 10.0. The van der Waals surface area contributed by atoms with Gasteiger partial charge in [0.2, 0.25) is 17.4 Å². The van der Waals surface area contributed by atoms with Gasteiger partial charge in [-0.2, -0.15) is 8.78 Å². The second-order valence-corrected chi connectivity index (χ2v) is 22.0. The SMILES string of the molecule is O=C(Oc1ccc(C(=O)Oc2c(F)c(F)c(S(=P)(=P)[PH-])c(F)c2F)c2ccccc12)c1cc(I)cc(I)c1I. The first-order chi connectivity index (χ1) is 18.2. The molecule has 0 radical (unpaired) electrons. The van der Waals surface area contributed by atoms with Gasteiger partial charge in [-0.05, 0) is 97.4 Å². The summed E-state index contributed by atoms with van der Waals surface area (Å²) in [6, 6.07) is 12.4. The monoisotopic (exact) mass is 945 g/mol. The predicted molar refractivity (Wildman–Crippen MR) is 175 cm³/mol. The molecule has 0 spiro atoms. The summed E-state index contributed by atoms with van der Waals surface area (Å²) in [4.78, 5) is 25.0. The molecule has 4 nitrogen and oxygen atoms in total. The molecule has 4 aromatic rings. The summed E-state index contributed by atoms with van der Waals surface area (Å²) >= 11 is 6.24. The maximum Gasteiger partial charge on any atom is 0.344 e. The Morgan fingerprint density at radius 2 is 1.33 bits per heavy atom. The van der Waals surface area contributed by atoms with E-state index in [1.807, 2.05) is 28.7 Å². The molecule has 202 valence electrons. The van der Waals surface area contributed by atoms with Crippen LogP contribution in [0.5, 0.6) is 11.5 Å². The average molecular weight is 945 g/mol. The summed E-state index contributed by atoms with van der Waals surface area (Å²) in [6.07, 6.45) is 0. The lowest BCUT2D eigenvalue weighted by Gasteiger charge is -2.20. The normalized spacial score (nSPS) is 11.5. The van der Waals surface area contributed by atoms with Crippen molar-refractivity contribution in [3.8, 4) is 11.5 Å². The van der Waals surface area contributed by atoms with Gasteiger partial charge in [0, 0.05) is 16.1 Å². The second kappa shape index (κ2) is 12.3. The fraction of sp³-hybridized carbons (Fsp3) is 0. The van der Waals surface area contributed by atoms with Crippen molar-refractivity contribution in [1.82, 2.24) is 0 Å². The first-order valence-corrected chi connectivity index (χ1v) is 18.8. The zero-order valence-electron chi connectivity index (χ0n) is 18.8.